The summed E-state index contributed by atoms with van der Waals surface area (Å²) >= 11 is 14.2. The van der Waals surface area contributed by atoms with Crippen LogP contribution in [0.1, 0.15) is 36.5 Å². The number of methoxy groups -OCH3 is 2. The van der Waals surface area contributed by atoms with Crippen LogP contribution in [0.4, 0.5) is 0 Å². The van der Waals surface area contributed by atoms with E-state index in [4.69, 9.17) is 37.7 Å². The summed E-state index contributed by atoms with van der Waals surface area (Å²) in [4.78, 5) is 23.2. The quantitative estimate of drug-likeness (QED) is 0.180. The molecule has 6 rings (SSSR count). The molecule has 2 aliphatic heterocycles. The maximum Gasteiger partial charge on any atom is 0.220 e. The van der Waals surface area contributed by atoms with Crippen molar-refractivity contribution in [3.8, 4) is 45.3 Å². The van der Waals surface area contributed by atoms with Gasteiger partial charge in [-0.2, -0.15) is 0 Å². The van der Waals surface area contributed by atoms with Gasteiger partial charge >= 0.3 is 0 Å². The molecule has 2 aromatic carbocycles. The van der Waals surface area contributed by atoms with E-state index in [0.717, 1.165) is 58.5 Å². The lowest BCUT2D eigenvalue weighted by molar-refractivity contribution is -0.119. The summed E-state index contributed by atoms with van der Waals surface area (Å²) in [7, 11) is 3.28. The van der Waals surface area contributed by atoms with Gasteiger partial charge in [-0.1, -0.05) is 47.5 Å². The molecular weight excluding hydrogens is 637 g/mol. The third-order valence-corrected chi connectivity index (χ3v) is 9.56. The van der Waals surface area contributed by atoms with Gasteiger partial charge in [0.05, 0.1) is 41.8 Å². The average molecular weight is 677 g/mol. The minimum absolute atomic E-state index is 0.101. The van der Waals surface area contributed by atoms with E-state index in [0.29, 0.717) is 59.9 Å². The van der Waals surface area contributed by atoms with Crippen molar-refractivity contribution in [2.24, 2.45) is 0 Å². The van der Waals surface area contributed by atoms with Crippen LogP contribution >= 0.6 is 23.2 Å². The second kappa shape index (κ2) is 14.6. The number of carbonyl (C=O) groups is 1. The number of rotatable bonds is 11. The van der Waals surface area contributed by atoms with Crippen molar-refractivity contribution in [2.45, 2.75) is 51.4 Å². The molecule has 4 heterocycles. The van der Waals surface area contributed by atoms with Crippen molar-refractivity contribution in [3.05, 3.63) is 81.5 Å². The Bertz CT molecular complexity index is 1780. The van der Waals surface area contributed by atoms with Gasteiger partial charge in [0.15, 0.2) is 0 Å². The number of nitrogens with zero attached hydrogens (tertiary/aromatic N) is 3. The fourth-order valence-corrected chi connectivity index (χ4v) is 7.15. The maximum atomic E-state index is 11.5. The number of ether oxygens (including phenoxy) is 2. The molecule has 0 radical (unpaired) electrons. The molecule has 0 saturated carbocycles. The largest absolute Gasteiger partial charge is 0.496 e. The number of aliphatic hydroxyl groups is 1. The second-order valence-corrected chi connectivity index (χ2v) is 12.9. The Morgan fingerprint density at radius 3 is 2.62 bits per heavy atom. The third kappa shape index (κ3) is 7.24. The first kappa shape index (κ1) is 33.2. The first-order valence-corrected chi connectivity index (χ1v) is 16.6. The number of carbonyl (C=O) groups excluding carboxylic acids is 1. The van der Waals surface area contributed by atoms with Crippen LogP contribution in [-0.4, -0.2) is 71.9 Å². The van der Waals surface area contributed by atoms with Crippen LogP contribution in [0.5, 0.6) is 11.6 Å². The molecule has 0 unspecified atom stereocenters. The number of pyridine rings is 2. The fraction of sp³-hybridized carbons (Fsp3) is 0.361. The molecule has 2 atom stereocenters. The lowest BCUT2D eigenvalue weighted by atomic mass is 9.93. The SMILES string of the molecule is COc1cc(-c2nccc(-c3cccc(-c4ccc(CNC[C@@H]5CCC(=O)N5)c(OC)n4)c3Cl)c2Cl)cc2c1CCN(C[C@@H](C)O)C2. The number of aliphatic hydroxyl groups excluding tert-OH is 1. The number of hydrogen-bond donors (Lipinski definition) is 3. The predicted octanol–water partition coefficient (Wildman–Crippen LogP) is 5.91. The molecular formula is C36H39Cl2N5O4. The average Bonchev–Trinajstić information content (AvgIpc) is 3.49. The summed E-state index contributed by atoms with van der Waals surface area (Å²) in [6.45, 7) is 5.22. The van der Waals surface area contributed by atoms with Gasteiger partial charge in [-0.3, -0.25) is 14.7 Å². The third-order valence-electron chi connectivity index (χ3n) is 8.77. The Balaban J connectivity index is 1.28. The molecule has 2 aliphatic rings. The number of nitrogens with one attached hydrogen (secondary N) is 2. The van der Waals surface area contributed by atoms with Crippen molar-refractivity contribution < 1.29 is 19.4 Å². The van der Waals surface area contributed by atoms with Crippen LogP contribution in [0.2, 0.25) is 10.0 Å². The van der Waals surface area contributed by atoms with E-state index in [2.05, 4.69) is 26.6 Å². The molecule has 3 N–H and O–H groups in total. The number of amides is 1. The van der Waals surface area contributed by atoms with E-state index < -0.39 is 6.10 Å². The predicted molar refractivity (Wildman–Crippen MR) is 185 cm³/mol. The van der Waals surface area contributed by atoms with Crippen LogP contribution in [0.25, 0.3) is 33.6 Å². The zero-order chi connectivity index (χ0) is 33.1. The number of fused-ring (bicyclic) bond motifs is 1. The van der Waals surface area contributed by atoms with Crippen LogP contribution < -0.4 is 20.1 Å². The van der Waals surface area contributed by atoms with Crippen LogP contribution in [-0.2, 0) is 24.3 Å². The molecule has 9 nitrogen and oxygen atoms in total. The molecule has 2 aromatic heterocycles. The molecule has 246 valence electrons. The Morgan fingerprint density at radius 2 is 1.87 bits per heavy atom. The first-order valence-electron chi connectivity index (χ1n) is 15.8. The van der Waals surface area contributed by atoms with Gasteiger partial charge in [0.1, 0.15) is 5.75 Å². The summed E-state index contributed by atoms with van der Waals surface area (Å²) in [5.41, 5.74) is 7.64. The van der Waals surface area contributed by atoms with Gasteiger partial charge in [-0.25, -0.2) is 4.98 Å². The molecule has 1 amide bonds. The lowest BCUT2D eigenvalue weighted by Crippen LogP contribution is -2.35. The molecule has 11 heteroatoms. The highest BCUT2D eigenvalue weighted by Crippen LogP contribution is 2.43. The molecule has 0 aliphatic carbocycles. The maximum absolute atomic E-state index is 11.5. The van der Waals surface area contributed by atoms with Gasteiger partial charge in [0.25, 0.3) is 0 Å². The zero-order valence-corrected chi connectivity index (χ0v) is 28.3. The molecule has 4 aromatic rings. The number of β-amino-alcohol motifs (C(OH)–C–C–N with tert-alkyl or cyclic N) is 1. The van der Waals surface area contributed by atoms with Gasteiger partial charge in [0.2, 0.25) is 11.8 Å². The van der Waals surface area contributed by atoms with Gasteiger partial charge in [-0.05, 0) is 55.2 Å². The number of benzene rings is 2. The Kier molecular flexibility index (Phi) is 10.3. The highest BCUT2D eigenvalue weighted by atomic mass is 35.5. The van der Waals surface area contributed by atoms with Crippen molar-refractivity contribution in [3.63, 3.8) is 0 Å². The Labute approximate surface area is 285 Å². The van der Waals surface area contributed by atoms with E-state index >= 15 is 0 Å². The topological polar surface area (TPSA) is 109 Å². The molecule has 0 bridgehead atoms. The molecule has 1 fully saturated rings. The molecule has 1 saturated heterocycles. The van der Waals surface area contributed by atoms with Crippen LogP contribution in [0, 0.1) is 0 Å². The van der Waals surface area contributed by atoms with Crippen molar-refractivity contribution in [2.75, 3.05) is 33.9 Å². The number of hydrogen-bond acceptors (Lipinski definition) is 8. The molecule has 47 heavy (non-hydrogen) atoms. The molecule has 0 spiro atoms. The summed E-state index contributed by atoms with van der Waals surface area (Å²) in [6.07, 6.45) is 3.59. The first-order chi connectivity index (χ1) is 22.7. The van der Waals surface area contributed by atoms with Crippen LogP contribution in [0.3, 0.4) is 0 Å². The zero-order valence-electron chi connectivity index (χ0n) is 26.8. The van der Waals surface area contributed by atoms with E-state index in [9.17, 15) is 9.90 Å². The van der Waals surface area contributed by atoms with Crippen LogP contribution in [0.15, 0.2) is 54.7 Å². The van der Waals surface area contributed by atoms with E-state index in [1.807, 2.05) is 49.4 Å². The summed E-state index contributed by atoms with van der Waals surface area (Å²) in [6, 6.07) is 15.8. The number of halogens is 2. The van der Waals surface area contributed by atoms with E-state index in [-0.39, 0.29) is 11.9 Å². The summed E-state index contributed by atoms with van der Waals surface area (Å²) in [5, 5.41) is 17.3. The van der Waals surface area contributed by atoms with Crippen molar-refractivity contribution in [1.82, 2.24) is 25.5 Å². The number of aromatic nitrogens is 2. The minimum atomic E-state index is -0.403. The smallest absolute Gasteiger partial charge is 0.220 e. The summed E-state index contributed by atoms with van der Waals surface area (Å²) < 4.78 is 11.5. The minimum Gasteiger partial charge on any atom is -0.496 e. The monoisotopic (exact) mass is 675 g/mol. The van der Waals surface area contributed by atoms with E-state index in [1.54, 1.807) is 20.4 Å². The Hall–Kier alpha value is -3.73. The van der Waals surface area contributed by atoms with Crippen molar-refractivity contribution >= 4 is 29.1 Å². The lowest BCUT2D eigenvalue weighted by Gasteiger charge is -2.31. The second-order valence-electron chi connectivity index (χ2n) is 12.1. The van der Waals surface area contributed by atoms with Gasteiger partial charge in [0, 0.05) is 79.2 Å². The summed E-state index contributed by atoms with van der Waals surface area (Å²) in [5.74, 6) is 1.41. The van der Waals surface area contributed by atoms with Gasteiger partial charge < -0.3 is 25.2 Å². The normalized spacial score (nSPS) is 16.9. The van der Waals surface area contributed by atoms with Crippen molar-refractivity contribution in [1.29, 1.82) is 0 Å². The van der Waals surface area contributed by atoms with E-state index in [1.165, 1.54) is 5.56 Å². The fourth-order valence-electron chi connectivity index (χ4n) is 6.50. The standard InChI is InChI=1S/C36H39Cl2N5O4/c1-21(44)19-43-14-12-26-24(20-43)15-23(16-31(26)46-2)35-34(38)28(11-13-40-35)27-5-4-6-29(33(27)37)30-9-7-22(36(42-30)47-3)17-39-18-25-8-10-32(45)41-25/h4-7,9,11,13,15-16,21,25,39,44H,8,10,12,14,17-20H2,1-3H3,(H,41,45)/t21-,25+/m1/s1. The Morgan fingerprint density at radius 1 is 1.06 bits per heavy atom. The highest BCUT2D eigenvalue weighted by Gasteiger charge is 2.24. The highest BCUT2D eigenvalue weighted by molar-refractivity contribution is 6.39. The van der Waals surface area contributed by atoms with Gasteiger partial charge in [-0.15, -0.1) is 0 Å².